The van der Waals surface area contributed by atoms with Gasteiger partial charge in [-0.05, 0) is 24.8 Å². The molecule has 17 heavy (non-hydrogen) atoms. The average molecular weight is 234 g/mol. The molecule has 2 rings (SSSR count). The molecule has 3 nitrogen and oxygen atoms in total. The van der Waals surface area contributed by atoms with Gasteiger partial charge in [-0.3, -0.25) is 4.79 Å². The zero-order valence-electron chi connectivity index (χ0n) is 10.1. The van der Waals surface area contributed by atoms with Gasteiger partial charge in [-0.15, -0.1) is 0 Å². The zero-order valence-corrected chi connectivity index (χ0v) is 10.1. The third-order valence-corrected chi connectivity index (χ3v) is 3.33. The third-order valence-electron chi connectivity index (χ3n) is 3.33. The fourth-order valence-corrected chi connectivity index (χ4v) is 2.47. The minimum atomic E-state index is -0.542. The van der Waals surface area contributed by atoms with Crippen LogP contribution < -0.4 is 0 Å². The van der Waals surface area contributed by atoms with E-state index in [0.29, 0.717) is 13.0 Å². The lowest BCUT2D eigenvalue weighted by Crippen LogP contribution is -2.28. The van der Waals surface area contributed by atoms with Crippen LogP contribution in [0.1, 0.15) is 28.8 Å². The van der Waals surface area contributed by atoms with Crippen LogP contribution in [0.5, 0.6) is 0 Å². The number of fused-ring (bicyclic) bond motifs is 1. The van der Waals surface area contributed by atoms with Gasteiger partial charge >= 0.3 is 0 Å². The highest BCUT2D eigenvalue weighted by molar-refractivity contribution is 6.00. The van der Waals surface area contributed by atoms with E-state index in [1.54, 1.807) is 7.11 Å². The monoisotopic (exact) mass is 234 g/mol. The van der Waals surface area contributed by atoms with Gasteiger partial charge in [0.2, 0.25) is 0 Å². The lowest BCUT2D eigenvalue weighted by atomic mass is 9.80. The molecule has 0 amide bonds. The van der Waals surface area contributed by atoms with Crippen molar-refractivity contribution in [2.24, 2.45) is 5.92 Å². The fraction of sp³-hybridized carbons (Fsp3) is 0.500. The number of benzene rings is 1. The van der Waals surface area contributed by atoms with Crippen molar-refractivity contribution in [3.8, 4) is 0 Å². The Morgan fingerprint density at radius 3 is 3.00 bits per heavy atom. The molecular formula is C14H18O3. The van der Waals surface area contributed by atoms with Gasteiger partial charge in [-0.25, -0.2) is 0 Å². The summed E-state index contributed by atoms with van der Waals surface area (Å²) in [5.74, 6) is 0.108. The maximum absolute atomic E-state index is 12.2. The molecule has 1 N–H and O–H groups in total. The van der Waals surface area contributed by atoms with Crippen molar-refractivity contribution in [1.82, 2.24) is 0 Å². The Kier molecular flexibility index (Phi) is 3.92. The number of aliphatic hydroxyl groups excluding tert-OH is 1. The maximum atomic E-state index is 12.2. The van der Waals surface area contributed by atoms with E-state index >= 15 is 0 Å². The van der Waals surface area contributed by atoms with Gasteiger partial charge in [0.25, 0.3) is 0 Å². The number of carbonyl (C=O) groups is 1. The molecule has 0 heterocycles. The number of ketones is 1. The van der Waals surface area contributed by atoms with Gasteiger partial charge in [0.1, 0.15) is 0 Å². The van der Waals surface area contributed by atoms with Crippen LogP contribution in [0.4, 0.5) is 0 Å². The predicted octanol–water partition coefficient (Wildman–Crippen LogP) is 1.83. The molecule has 0 saturated carbocycles. The van der Waals surface area contributed by atoms with Crippen LogP contribution in [0.2, 0.25) is 0 Å². The standard InChI is InChI=1S/C14H18O3/c1-17-9-12(15)8-11-7-6-10-4-2-3-5-13(10)14(11)16/h2-5,11-12,15H,6-9H2,1H3. The van der Waals surface area contributed by atoms with Crippen molar-refractivity contribution in [2.75, 3.05) is 13.7 Å². The molecule has 3 heteroatoms. The molecule has 1 aliphatic carbocycles. The number of methoxy groups -OCH3 is 1. The van der Waals surface area contributed by atoms with Crippen LogP contribution in [0.3, 0.4) is 0 Å². The van der Waals surface area contributed by atoms with E-state index in [2.05, 4.69) is 0 Å². The molecule has 1 aromatic rings. The number of hydrogen-bond acceptors (Lipinski definition) is 3. The Hall–Kier alpha value is -1.19. The highest BCUT2D eigenvalue weighted by Crippen LogP contribution is 2.28. The first kappa shape index (κ1) is 12.3. The van der Waals surface area contributed by atoms with Crippen LogP contribution in [-0.4, -0.2) is 30.7 Å². The van der Waals surface area contributed by atoms with E-state index < -0.39 is 6.10 Å². The highest BCUT2D eigenvalue weighted by Gasteiger charge is 2.28. The topological polar surface area (TPSA) is 46.5 Å². The number of ether oxygens (including phenoxy) is 1. The first-order valence-electron chi connectivity index (χ1n) is 6.01. The molecule has 0 aromatic heterocycles. The molecule has 1 aromatic carbocycles. The van der Waals surface area contributed by atoms with Crippen LogP contribution in [0, 0.1) is 5.92 Å². The predicted molar refractivity (Wildman–Crippen MR) is 65.1 cm³/mol. The molecular weight excluding hydrogens is 216 g/mol. The number of rotatable bonds is 4. The summed E-state index contributed by atoms with van der Waals surface area (Å²) >= 11 is 0. The van der Waals surface area contributed by atoms with E-state index in [1.807, 2.05) is 24.3 Å². The first-order valence-corrected chi connectivity index (χ1v) is 6.01. The van der Waals surface area contributed by atoms with Gasteiger partial charge < -0.3 is 9.84 Å². The Balaban J connectivity index is 2.07. The second kappa shape index (κ2) is 5.43. The lowest BCUT2D eigenvalue weighted by molar-refractivity contribution is 0.0439. The number of aliphatic hydroxyl groups is 1. The maximum Gasteiger partial charge on any atom is 0.166 e. The van der Waals surface area contributed by atoms with Crippen molar-refractivity contribution in [2.45, 2.75) is 25.4 Å². The summed E-state index contributed by atoms with van der Waals surface area (Å²) in [4.78, 5) is 12.2. The molecule has 0 spiro atoms. The number of hydrogen-bond donors (Lipinski definition) is 1. The van der Waals surface area contributed by atoms with Crippen molar-refractivity contribution < 1.29 is 14.6 Å². The molecule has 0 bridgehead atoms. The van der Waals surface area contributed by atoms with Gasteiger partial charge in [0.05, 0.1) is 12.7 Å². The number of carbonyl (C=O) groups excluding carboxylic acids is 1. The Morgan fingerprint density at radius 2 is 2.24 bits per heavy atom. The van der Waals surface area contributed by atoms with E-state index in [1.165, 1.54) is 0 Å². The fourth-order valence-electron chi connectivity index (χ4n) is 2.47. The van der Waals surface area contributed by atoms with E-state index in [-0.39, 0.29) is 11.7 Å². The summed E-state index contributed by atoms with van der Waals surface area (Å²) in [6.45, 7) is 0.297. The Morgan fingerprint density at radius 1 is 1.47 bits per heavy atom. The smallest absolute Gasteiger partial charge is 0.166 e. The van der Waals surface area contributed by atoms with Crippen molar-refractivity contribution >= 4 is 5.78 Å². The SMILES string of the molecule is COCC(O)CC1CCc2ccccc2C1=O. The average Bonchev–Trinajstić information content (AvgIpc) is 2.33. The summed E-state index contributed by atoms with van der Waals surface area (Å²) in [6.07, 6.45) is 1.71. The quantitative estimate of drug-likeness (QED) is 0.864. The summed E-state index contributed by atoms with van der Waals surface area (Å²) in [7, 11) is 1.56. The molecule has 0 saturated heterocycles. The first-order chi connectivity index (χ1) is 8.22. The molecule has 2 unspecified atom stereocenters. The molecule has 2 atom stereocenters. The minimum absolute atomic E-state index is 0.0601. The van der Waals surface area contributed by atoms with Crippen LogP contribution in [0.15, 0.2) is 24.3 Å². The molecule has 92 valence electrons. The Labute approximate surface area is 101 Å². The minimum Gasteiger partial charge on any atom is -0.391 e. The van der Waals surface area contributed by atoms with Crippen molar-refractivity contribution in [3.05, 3.63) is 35.4 Å². The second-order valence-corrected chi connectivity index (χ2v) is 4.60. The van der Waals surface area contributed by atoms with Gasteiger partial charge in [-0.2, -0.15) is 0 Å². The van der Waals surface area contributed by atoms with Crippen LogP contribution in [0.25, 0.3) is 0 Å². The van der Waals surface area contributed by atoms with Crippen molar-refractivity contribution in [1.29, 1.82) is 0 Å². The zero-order chi connectivity index (χ0) is 12.3. The van der Waals surface area contributed by atoms with Gasteiger partial charge in [-0.1, -0.05) is 24.3 Å². The van der Waals surface area contributed by atoms with Crippen molar-refractivity contribution in [3.63, 3.8) is 0 Å². The summed E-state index contributed by atoms with van der Waals surface area (Å²) in [5, 5.41) is 9.69. The van der Waals surface area contributed by atoms with E-state index in [4.69, 9.17) is 4.74 Å². The lowest BCUT2D eigenvalue weighted by Gasteiger charge is -2.24. The largest absolute Gasteiger partial charge is 0.391 e. The molecule has 0 radical (unpaired) electrons. The van der Waals surface area contributed by atoms with E-state index in [0.717, 1.165) is 24.0 Å². The van der Waals surface area contributed by atoms with E-state index in [9.17, 15) is 9.90 Å². The third kappa shape index (κ3) is 2.73. The summed E-state index contributed by atoms with van der Waals surface area (Å²) < 4.78 is 4.89. The normalized spacial score (nSPS) is 21.1. The second-order valence-electron chi connectivity index (χ2n) is 4.60. The Bertz CT molecular complexity index is 400. The number of Topliss-reactive ketones (excluding diaryl/α,β-unsaturated/α-hetero) is 1. The molecule has 1 aliphatic rings. The van der Waals surface area contributed by atoms with Gasteiger partial charge in [0.15, 0.2) is 5.78 Å². The van der Waals surface area contributed by atoms with Gasteiger partial charge in [0, 0.05) is 18.6 Å². The highest BCUT2D eigenvalue weighted by atomic mass is 16.5. The molecule has 0 fully saturated rings. The molecule has 0 aliphatic heterocycles. The van der Waals surface area contributed by atoms with Crippen LogP contribution in [-0.2, 0) is 11.2 Å². The summed E-state index contributed by atoms with van der Waals surface area (Å²) in [5.41, 5.74) is 1.96. The number of aryl methyl sites for hydroxylation is 1. The van der Waals surface area contributed by atoms with Crippen LogP contribution >= 0.6 is 0 Å². The summed E-state index contributed by atoms with van der Waals surface area (Å²) in [6, 6.07) is 7.75.